The van der Waals surface area contributed by atoms with Gasteiger partial charge in [-0.1, -0.05) is 6.92 Å². The van der Waals surface area contributed by atoms with E-state index in [2.05, 4.69) is 9.97 Å². The molecule has 1 N–H and O–H groups in total. The van der Waals surface area contributed by atoms with Crippen LogP contribution in [0.1, 0.15) is 42.9 Å². The fourth-order valence-electron chi connectivity index (χ4n) is 2.31. The van der Waals surface area contributed by atoms with E-state index in [0.717, 1.165) is 37.4 Å². The monoisotopic (exact) mass is 264 g/mol. The molecule has 1 aromatic rings. The second-order valence-electron chi connectivity index (χ2n) is 5.18. The molecular weight excluding hydrogens is 244 g/mol. The Bertz CT molecular complexity index is 456. The lowest BCUT2D eigenvalue weighted by Crippen LogP contribution is -2.18. The number of aryl methyl sites for hydroxylation is 1. The molecule has 1 saturated heterocycles. The molecule has 2 heterocycles. The van der Waals surface area contributed by atoms with Crippen LogP contribution >= 0.6 is 0 Å². The van der Waals surface area contributed by atoms with Crippen LogP contribution in [0.2, 0.25) is 0 Å². The summed E-state index contributed by atoms with van der Waals surface area (Å²) in [6, 6.07) is 2.00. The highest BCUT2D eigenvalue weighted by molar-refractivity contribution is 5.69. The summed E-state index contributed by atoms with van der Waals surface area (Å²) in [6.45, 7) is 5.16. The summed E-state index contributed by atoms with van der Waals surface area (Å²) >= 11 is 0. The van der Waals surface area contributed by atoms with Crippen molar-refractivity contribution in [3.8, 4) is 0 Å². The van der Waals surface area contributed by atoms with Gasteiger partial charge in [0.2, 0.25) is 0 Å². The number of hydrogen-bond acceptors (Lipinski definition) is 4. The molecule has 0 bridgehead atoms. The molecule has 0 radical (unpaired) electrons. The van der Waals surface area contributed by atoms with Gasteiger partial charge in [-0.05, 0) is 25.8 Å². The van der Waals surface area contributed by atoms with E-state index in [-0.39, 0.29) is 0 Å². The molecule has 2 rings (SSSR count). The van der Waals surface area contributed by atoms with Gasteiger partial charge in [-0.15, -0.1) is 0 Å². The van der Waals surface area contributed by atoms with Crippen LogP contribution in [0.4, 0.5) is 0 Å². The summed E-state index contributed by atoms with van der Waals surface area (Å²) in [4.78, 5) is 19.8. The van der Waals surface area contributed by atoms with Gasteiger partial charge in [-0.2, -0.15) is 0 Å². The third-order valence-electron chi connectivity index (χ3n) is 3.47. The molecule has 1 aliphatic rings. The van der Waals surface area contributed by atoms with E-state index in [4.69, 9.17) is 9.84 Å². The van der Waals surface area contributed by atoms with Gasteiger partial charge >= 0.3 is 5.97 Å². The molecule has 1 unspecified atom stereocenters. The number of ether oxygens (including phenoxy) is 1. The van der Waals surface area contributed by atoms with Crippen LogP contribution in [-0.2, 0) is 16.0 Å². The van der Waals surface area contributed by atoms with E-state index in [1.807, 2.05) is 13.0 Å². The van der Waals surface area contributed by atoms with Gasteiger partial charge in [0.15, 0.2) is 0 Å². The van der Waals surface area contributed by atoms with Gasteiger partial charge < -0.3 is 9.84 Å². The Morgan fingerprint density at radius 3 is 2.79 bits per heavy atom. The summed E-state index contributed by atoms with van der Waals surface area (Å²) in [5.41, 5.74) is 1.94. The van der Waals surface area contributed by atoms with Crippen LogP contribution in [0.3, 0.4) is 0 Å². The predicted molar refractivity (Wildman–Crippen MR) is 70.1 cm³/mol. The van der Waals surface area contributed by atoms with Crippen molar-refractivity contribution in [2.45, 2.75) is 39.0 Å². The Kier molecular flexibility index (Phi) is 4.47. The first kappa shape index (κ1) is 13.9. The van der Waals surface area contributed by atoms with Crippen molar-refractivity contribution in [3.05, 3.63) is 23.3 Å². The molecule has 5 heteroatoms. The molecule has 0 amide bonds. The maximum atomic E-state index is 10.9. The second kappa shape index (κ2) is 6.10. The molecule has 5 nitrogen and oxygen atoms in total. The zero-order valence-corrected chi connectivity index (χ0v) is 11.4. The average molecular weight is 264 g/mol. The molecular formula is C14H20N2O3. The third-order valence-corrected chi connectivity index (χ3v) is 3.47. The SMILES string of the molecule is Cc1cc(C2CCOCC2)nc(CC(C)C(=O)O)n1. The maximum Gasteiger partial charge on any atom is 0.306 e. The van der Waals surface area contributed by atoms with Gasteiger partial charge in [0.1, 0.15) is 5.82 Å². The maximum absolute atomic E-state index is 10.9. The standard InChI is InChI=1S/C14H20N2O3/c1-9(14(17)18)7-13-15-10(2)8-12(16-13)11-3-5-19-6-4-11/h8-9,11H,3-7H2,1-2H3,(H,17,18). The lowest BCUT2D eigenvalue weighted by molar-refractivity contribution is -0.141. The number of carbonyl (C=O) groups is 1. The van der Waals surface area contributed by atoms with E-state index in [1.54, 1.807) is 6.92 Å². The summed E-state index contributed by atoms with van der Waals surface area (Å²) in [5.74, 6) is -0.215. The van der Waals surface area contributed by atoms with E-state index >= 15 is 0 Å². The molecule has 0 spiro atoms. The first-order valence-corrected chi connectivity index (χ1v) is 6.71. The van der Waals surface area contributed by atoms with Crippen molar-refractivity contribution in [1.29, 1.82) is 0 Å². The molecule has 1 atom stereocenters. The first-order valence-electron chi connectivity index (χ1n) is 6.71. The Balaban J connectivity index is 2.16. The Morgan fingerprint density at radius 1 is 1.47 bits per heavy atom. The van der Waals surface area contributed by atoms with Gasteiger partial charge in [0.25, 0.3) is 0 Å². The van der Waals surface area contributed by atoms with Crippen molar-refractivity contribution < 1.29 is 14.6 Å². The van der Waals surface area contributed by atoms with E-state index in [1.165, 1.54) is 0 Å². The van der Waals surface area contributed by atoms with Crippen LogP contribution in [-0.4, -0.2) is 34.3 Å². The number of aliphatic carboxylic acids is 1. The highest BCUT2D eigenvalue weighted by Gasteiger charge is 2.20. The topological polar surface area (TPSA) is 72.3 Å². The van der Waals surface area contributed by atoms with Crippen LogP contribution < -0.4 is 0 Å². The Hall–Kier alpha value is -1.49. The van der Waals surface area contributed by atoms with Gasteiger partial charge in [0.05, 0.1) is 5.92 Å². The van der Waals surface area contributed by atoms with Crippen molar-refractivity contribution in [2.75, 3.05) is 13.2 Å². The number of carboxylic acids is 1. The normalized spacial score (nSPS) is 18.2. The number of aromatic nitrogens is 2. The van der Waals surface area contributed by atoms with Crippen molar-refractivity contribution in [3.63, 3.8) is 0 Å². The summed E-state index contributed by atoms with van der Waals surface area (Å²) < 4.78 is 5.36. The number of hydrogen-bond donors (Lipinski definition) is 1. The second-order valence-corrected chi connectivity index (χ2v) is 5.18. The minimum atomic E-state index is -0.808. The first-order chi connectivity index (χ1) is 9.06. The minimum absolute atomic E-state index is 0.382. The summed E-state index contributed by atoms with van der Waals surface area (Å²) in [7, 11) is 0. The molecule has 1 fully saturated rings. The Morgan fingerprint density at radius 2 is 2.16 bits per heavy atom. The quantitative estimate of drug-likeness (QED) is 0.899. The Labute approximate surface area is 113 Å². The zero-order chi connectivity index (χ0) is 13.8. The average Bonchev–Trinajstić information content (AvgIpc) is 2.39. The molecule has 0 aliphatic carbocycles. The van der Waals surface area contributed by atoms with Crippen LogP contribution in [0.15, 0.2) is 6.07 Å². The highest BCUT2D eigenvalue weighted by atomic mass is 16.5. The fraction of sp³-hybridized carbons (Fsp3) is 0.643. The van der Waals surface area contributed by atoms with Gasteiger partial charge in [0, 0.05) is 36.9 Å². The van der Waals surface area contributed by atoms with E-state index < -0.39 is 11.9 Å². The fourth-order valence-corrected chi connectivity index (χ4v) is 2.31. The third kappa shape index (κ3) is 3.73. The lowest BCUT2D eigenvalue weighted by Gasteiger charge is -2.22. The van der Waals surface area contributed by atoms with E-state index in [0.29, 0.717) is 18.2 Å². The summed E-state index contributed by atoms with van der Waals surface area (Å²) in [6.07, 6.45) is 2.34. The number of carboxylic acid groups (broad SMARTS) is 1. The predicted octanol–water partition coefficient (Wildman–Crippen LogP) is 1.94. The largest absolute Gasteiger partial charge is 0.481 e. The van der Waals surface area contributed by atoms with Crippen LogP contribution in [0.25, 0.3) is 0 Å². The van der Waals surface area contributed by atoms with Crippen molar-refractivity contribution in [2.24, 2.45) is 5.92 Å². The van der Waals surface area contributed by atoms with Crippen LogP contribution in [0.5, 0.6) is 0 Å². The molecule has 0 aromatic carbocycles. The smallest absolute Gasteiger partial charge is 0.306 e. The zero-order valence-electron chi connectivity index (χ0n) is 11.4. The van der Waals surface area contributed by atoms with Crippen molar-refractivity contribution in [1.82, 2.24) is 9.97 Å². The highest BCUT2D eigenvalue weighted by Crippen LogP contribution is 2.25. The molecule has 1 aliphatic heterocycles. The molecule has 1 aromatic heterocycles. The minimum Gasteiger partial charge on any atom is -0.481 e. The van der Waals surface area contributed by atoms with Gasteiger partial charge in [-0.25, -0.2) is 9.97 Å². The summed E-state index contributed by atoms with van der Waals surface area (Å²) in [5, 5.41) is 8.96. The van der Waals surface area contributed by atoms with Gasteiger partial charge in [-0.3, -0.25) is 4.79 Å². The lowest BCUT2D eigenvalue weighted by atomic mass is 9.95. The molecule has 19 heavy (non-hydrogen) atoms. The number of rotatable bonds is 4. The molecule has 104 valence electrons. The number of nitrogens with zero attached hydrogens (tertiary/aromatic N) is 2. The molecule has 0 saturated carbocycles. The van der Waals surface area contributed by atoms with Crippen LogP contribution in [0, 0.1) is 12.8 Å². The van der Waals surface area contributed by atoms with E-state index in [9.17, 15) is 4.79 Å². The van der Waals surface area contributed by atoms with Crippen molar-refractivity contribution >= 4 is 5.97 Å².